The number of benzene rings is 1. The molecule has 0 heterocycles. The number of Topliss-reactive ketones (excluding diaryl/α,β-unsaturated/α-hetero) is 1. The summed E-state index contributed by atoms with van der Waals surface area (Å²) in [7, 11) is 1.54. The molecule has 0 aliphatic heterocycles. The van der Waals surface area contributed by atoms with Crippen LogP contribution in [0.1, 0.15) is 30.6 Å². The van der Waals surface area contributed by atoms with Gasteiger partial charge in [-0.3, -0.25) is 9.59 Å². The Morgan fingerprint density at radius 3 is 2.44 bits per heavy atom. The Kier molecular flexibility index (Phi) is 4.51. The molecule has 0 saturated heterocycles. The normalized spacial score (nSPS) is 11.1. The average molecular weight is 315 g/mol. The van der Waals surface area contributed by atoms with Crippen molar-refractivity contribution >= 4 is 27.7 Å². The molecule has 5 heteroatoms. The van der Waals surface area contributed by atoms with Gasteiger partial charge < -0.3 is 9.84 Å². The van der Waals surface area contributed by atoms with Crippen LogP contribution in [0, 0.1) is 5.41 Å². The van der Waals surface area contributed by atoms with Gasteiger partial charge in [0.2, 0.25) is 0 Å². The van der Waals surface area contributed by atoms with E-state index in [1.165, 1.54) is 21.0 Å². The van der Waals surface area contributed by atoms with E-state index in [1.807, 2.05) is 0 Å². The first-order valence-electron chi connectivity index (χ1n) is 5.38. The van der Waals surface area contributed by atoms with E-state index < -0.39 is 11.4 Å². The summed E-state index contributed by atoms with van der Waals surface area (Å²) in [6.45, 7) is 3.07. The Morgan fingerprint density at radius 1 is 1.39 bits per heavy atom. The highest BCUT2D eigenvalue weighted by molar-refractivity contribution is 9.10. The van der Waals surface area contributed by atoms with Crippen molar-refractivity contribution in [3.05, 3.63) is 28.2 Å². The van der Waals surface area contributed by atoms with Crippen LogP contribution >= 0.6 is 15.9 Å². The van der Waals surface area contributed by atoms with Crippen LogP contribution in [0.15, 0.2) is 22.7 Å². The molecular weight excluding hydrogens is 300 g/mol. The third-order valence-corrected chi connectivity index (χ3v) is 3.27. The number of carboxylic acid groups (broad SMARTS) is 1. The molecule has 18 heavy (non-hydrogen) atoms. The van der Waals surface area contributed by atoms with Gasteiger partial charge in [0.1, 0.15) is 5.75 Å². The Hall–Kier alpha value is -1.36. The molecule has 1 aromatic carbocycles. The van der Waals surface area contributed by atoms with Gasteiger partial charge in [0.05, 0.1) is 17.0 Å². The summed E-state index contributed by atoms with van der Waals surface area (Å²) >= 11 is 3.29. The summed E-state index contributed by atoms with van der Waals surface area (Å²) in [5.41, 5.74) is -0.597. The average Bonchev–Trinajstić information content (AvgIpc) is 2.28. The molecule has 0 aliphatic carbocycles. The molecule has 0 aliphatic rings. The number of ether oxygens (including phenoxy) is 1. The zero-order chi connectivity index (χ0) is 13.9. The van der Waals surface area contributed by atoms with Gasteiger partial charge in [0.15, 0.2) is 5.78 Å². The number of carboxylic acids is 1. The third kappa shape index (κ3) is 3.32. The SMILES string of the molecule is COc1ccc(C(=O)CC(C)(C)C(=O)O)cc1Br. The molecule has 1 aromatic rings. The fraction of sp³-hybridized carbons (Fsp3) is 0.385. The van der Waals surface area contributed by atoms with Gasteiger partial charge in [-0.25, -0.2) is 0 Å². The van der Waals surface area contributed by atoms with E-state index in [4.69, 9.17) is 9.84 Å². The van der Waals surface area contributed by atoms with Crippen molar-refractivity contribution in [3.63, 3.8) is 0 Å². The second-order valence-electron chi connectivity index (χ2n) is 4.64. The molecular formula is C13H15BrO4. The summed E-state index contributed by atoms with van der Waals surface area (Å²) in [6, 6.07) is 4.94. The Morgan fingerprint density at radius 2 is 2.00 bits per heavy atom. The minimum absolute atomic E-state index is 0.0406. The highest BCUT2D eigenvalue weighted by atomic mass is 79.9. The highest BCUT2D eigenvalue weighted by Crippen LogP contribution is 2.28. The van der Waals surface area contributed by atoms with Crippen LogP contribution in [-0.2, 0) is 4.79 Å². The number of rotatable bonds is 5. The van der Waals surface area contributed by atoms with E-state index >= 15 is 0 Å². The Bertz CT molecular complexity index is 480. The van der Waals surface area contributed by atoms with E-state index in [9.17, 15) is 9.59 Å². The zero-order valence-corrected chi connectivity index (χ0v) is 12.1. The molecule has 0 saturated carbocycles. The molecule has 0 amide bonds. The van der Waals surface area contributed by atoms with Crippen molar-refractivity contribution in [1.82, 2.24) is 0 Å². The lowest BCUT2D eigenvalue weighted by Crippen LogP contribution is -2.26. The molecule has 0 fully saturated rings. The molecule has 0 atom stereocenters. The fourth-order valence-electron chi connectivity index (χ4n) is 1.42. The van der Waals surface area contributed by atoms with Gasteiger partial charge in [-0.2, -0.15) is 0 Å². The van der Waals surface area contributed by atoms with Gasteiger partial charge in [0.25, 0.3) is 0 Å². The zero-order valence-electron chi connectivity index (χ0n) is 10.5. The van der Waals surface area contributed by atoms with E-state index in [1.54, 1.807) is 18.2 Å². The van der Waals surface area contributed by atoms with Crippen LogP contribution in [0.4, 0.5) is 0 Å². The lowest BCUT2D eigenvalue weighted by Gasteiger charge is -2.18. The third-order valence-electron chi connectivity index (χ3n) is 2.66. The topological polar surface area (TPSA) is 63.6 Å². The number of hydrogen-bond acceptors (Lipinski definition) is 3. The molecule has 0 unspecified atom stereocenters. The molecule has 1 N–H and O–H groups in total. The minimum atomic E-state index is -1.07. The second-order valence-corrected chi connectivity index (χ2v) is 5.49. The summed E-state index contributed by atoms with van der Waals surface area (Å²) in [4.78, 5) is 23.0. The van der Waals surface area contributed by atoms with Crippen molar-refractivity contribution in [3.8, 4) is 5.75 Å². The highest BCUT2D eigenvalue weighted by Gasteiger charge is 2.30. The standard InChI is InChI=1S/C13H15BrO4/c1-13(2,12(16)17)7-10(15)8-4-5-11(18-3)9(14)6-8/h4-6H,7H2,1-3H3,(H,16,17). The van der Waals surface area contributed by atoms with Crippen molar-refractivity contribution in [2.24, 2.45) is 5.41 Å². The predicted octanol–water partition coefficient (Wildman–Crippen LogP) is 3.14. The van der Waals surface area contributed by atoms with Gasteiger partial charge in [0, 0.05) is 12.0 Å². The van der Waals surface area contributed by atoms with Crippen LogP contribution < -0.4 is 4.74 Å². The quantitative estimate of drug-likeness (QED) is 0.848. The van der Waals surface area contributed by atoms with Crippen LogP contribution in [0.2, 0.25) is 0 Å². The summed E-state index contributed by atoms with van der Waals surface area (Å²) < 4.78 is 5.74. The molecule has 0 aromatic heterocycles. The van der Waals surface area contributed by atoms with E-state index in [0.29, 0.717) is 15.8 Å². The number of methoxy groups -OCH3 is 1. The Labute approximate surface area is 114 Å². The number of hydrogen-bond donors (Lipinski definition) is 1. The molecule has 1 rings (SSSR count). The number of carbonyl (C=O) groups is 2. The Balaban J connectivity index is 2.92. The predicted molar refractivity (Wildman–Crippen MR) is 71.1 cm³/mol. The summed E-state index contributed by atoms with van der Waals surface area (Å²) in [6.07, 6.45) is -0.0406. The molecule has 98 valence electrons. The second kappa shape index (κ2) is 5.52. The number of carbonyl (C=O) groups excluding carboxylic acids is 1. The van der Waals surface area contributed by atoms with Crippen molar-refractivity contribution in [1.29, 1.82) is 0 Å². The maximum absolute atomic E-state index is 12.0. The molecule has 4 nitrogen and oxygen atoms in total. The van der Waals surface area contributed by atoms with Gasteiger partial charge in [-0.15, -0.1) is 0 Å². The molecule has 0 radical (unpaired) electrons. The van der Waals surface area contributed by atoms with Crippen LogP contribution in [-0.4, -0.2) is 24.0 Å². The van der Waals surface area contributed by atoms with Gasteiger partial charge >= 0.3 is 5.97 Å². The van der Waals surface area contributed by atoms with E-state index in [-0.39, 0.29) is 12.2 Å². The van der Waals surface area contributed by atoms with Crippen LogP contribution in [0.25, 0.3) is 0 Å². The molecule has 0 spiro atoms. The first-order valence-corrected chi connectivity index (χ1v) is 6.17. The number of ketones is 1. The molecule has 0 bridgehead atoms. The largest absolute Gasteiger partial charge is 0.496 e. The summed E-state index contributed by atoms with van der Waals surface area (Å²) in [5.74, 6) is -0.557. The summed E-state index contributed by atoms with van der Waals surface area (Å²) in [5, 5.41) is 8.99. The first-order chi connectivity index (χ1) is 8.27. The van der Waals surface area contributed by atoms with Crippen molar-refractivity contribution < 1.29 is 19.4 Å². The maximum Gasteiger partial charge on any atom is 0.309 e. The van der Waals surface area contributed by atoms with Crippen molar-refractivity contribution in [2.45, 2.75) is 20.3 Å². The maximum atomic E-state index is 12.0. The fourth-order valence-corrected chi connectivity index (χ4v) is 1.96. The monoisotopic (exact) mass is 314 g/mol. The van der Waals surface area contributed by atoms with Crippen LogP contribution in [0.3, 0.4) is 0 Å². The lowest BCUT2D eigenvalue weighted by molar-refractivity contribution is -0.146. The van der Waals surface area contributed by atoms with Crippen molar-refractivity contribution in [2.75, 3.05) is 7.11 Å². The minimum Gasteiger partial charge on any atom is -0.496 e. The smallest absolute Gasteiger partial charge is 0.309 e. The number of halogens is 1. The van der Waals surface area contributed by atoms with Crippen LogP contribution in [0.5, 0.6) is 5.75 Å². The van der Waals surface area contributed by atoms with Gasteiger partial charge in [-0.05, 0) is 48.0 Å². The van der Waals surface area contributed by atoms with E-state index in [2.05, 4.69) is 15.9 Å². The number of aliphatic carboxylic acids is 1. The van der Waals surface area contributed by atoms with E-state index in [0.717, 1.165) is 0 Å². The lowest BCUT2D eigenvalue weighted by atomic mass is 9.86. The first kappa shape index (κ1) is 14.7. The van der Waals surface area contributed by atoms with Gasteiger partial charge in [-0.1, -0.05) is 0 Å².